The van der Waals surface area contributed by atoms with E-state index in [4.69, 9.17) is 16.6 Å². The molecule has 1 fully saturated rings. The predicted octanol–water partition coefficient (Wildman–Crippen LogP) is 3.54. The molecule has 5 rings (SSSR count). The molecule has 9 heteroatoms. The third-order valence-electron chi connectivity index (χ3n) is 6.01. The van der Waals surface area contributed by atoms with Gasteiger partial charge in [-0.3, -0.25) is 9.59 Å². The molecule has 1 saturated heterocycles. The van der Waals surface area contributed by atoms with Crippen molar-refractivity contribution in [1.29, 1.82) is 0 Å². The first-order valence-electron chi connectivity index (χ1n) is 10.9. The van der Waals surface area contributed by atoms with Crippen LogP contribution in [0.2, 0.25) is 5.02 Å². The molecule has 1 N–H and O–H groups in total. The number of aromatic nitrogens is 5. The Hall–Kier alpha value is -3.52. The van der Waals surface area contributed by atoms with Gasteiger partial charge in [0, 0.05) is 29.6 Å². The summed E-state index contributed by atoms with van der Waals surface area (Å²) >= 11 is 6.10. The lowest BCUT2D eigenvalue weighted by molar-refractivity contribution is 0.0704. The molecule has 3 heterocycles. The van der Waals surface area contributed by atoms with Gasteiger partial charge in [0.1, 0.15) is 5.82 Å². The van der Waals surface area contributed by atoms with E-state index in [9.17, 15) is 9.59 Å². The van der Waals surface area contributed by atoms with Crippen molar-refractivity contribution in [2.75, 3.05) is 13.1 Å². The molecular formula is C24H23ClN6O2. The number of H-pyrrole nitrogens is 1. The molecule has 2 aromatic carbocycles. The number of nitrogens with one attached hydrogen (secondary N) is 1. The monoisotopic (exact) mass is 462 g/mol. The van der Waals surface area contributed by atoms with Crippen molar-refractivity contribution in [2.24, 2.45) is 0 Å². The van der Waals surface area contributed by atoms with Crippen molar-refractivity contribution in [1.82, 2.24) is 29.9 Å². The molecule has 4 aromatic rings. The molecule has 1 amide bonds. The van der Waals surface area contributed by atoms with Gasteiger partial charge in [-0.15, -0.1) is 5.10 Å². The number of aryl methyl sites for hydroxylation is 1. The second-order valence-corrected chi connectivity index (χ2v) is 8.89. The molecule has 1 atom stereocenters. The van der Waals surface area contributed by atoms with Crippen LogP contribution in [-0.4, -0.2) is 48.9 Å². The smallest absolute Gasteiger partial charge is 0.281 e. The number of hydrogen-bond donors (Lipinski definition) is 1. The lowest BCUT2D eigenvalue weighted by Crippen LogP contribution is -2.40. The van der Waals surface area contributed by atoms with Crippen LogP contribution in [0.15, 0.2) is 53.3 Å². The van der Waals surface area contributed by atoms with E-state index in [-0.39, 0.29) is 22.9 Å². The maximum absolute atomic E-state index is 13.0. The lowest BCUT2D eigenvalue weighted by atomic mass is 9.96. The quantitative estimate of drug-likeness (QED) is 0.500. The number of benzene rings is 2. The zero-order valence-corrected chi connectivity index (χ0v) is 18.9. The molecule has 0 spiro atoms. The summed E-state index contributed by atoms with van der Waals surface area (Å²) in [7, 11) is 0. The van der Waals surface area contributed by atoms with Gasteiger partial charge in [-0.2, -0.15) is 0 Å². The molecular weight excluding hydrogens is 440 g/mol. The third kappa shape index (κ3) is 4.39. The summed E-state index contributed by atoms with van der Waals surface area (Å²) in [5.74, 6) is 0.485. The first-order chi connectivity index (χ1) is 16.0. The van der Waals surface area contributed by atoms with Gasteiger partial charge in [-0.1, -0.05) is 46.6 Å². The third-order valence-corrected chi connectivity index (χ3v) is 6.24. The minimum Gasteiger partial charge on any atom is -0.338 e. The summed E-state index contributed by atoms with van der Waals surface area (Å²) in [6.07, 6.45) is 1.67. The van der Waals surface area contributed by atoms with Gasteiger partial charge >= 0.3 is 0 Å². The standard InChI is InChI=1S/C24H23ClN6O2/c1-15-7-9-17(10-8-15)24(33)30-11-3-5-18(14-30)21-26-22-20(23(32)27-21)28-29-31(22)13-16-4-2-6-19(25)12-16/h2,4,6-10,12,18H,3,5,11,13-14H2,1H3,(H,26,27,32)/t18-/m1/s1. The number of carbonyl (C=O) groups is 1. The molecule has 1 aliphatic heterocycles. The number of likely N-dealkylation sites (tertiary alicyclic amines) is 1. The summed E-state index contributed by atoms with van der Waals surface area (Å²) in [5.41, 5.74) is 3.02. The Morgan fingerprint density at radius 1 is 1.21 bits per heavy atom. The van der Waals surface area contributed by atoms with Crippen LogP contribution < -0.4 is 5.56 Å². The summed E-state index contributed by atoms with van der Waals surface area (Å²) in [5, 5.41) is 8.78. The number of hydrogen-bond acceptors (Lipinski definition) is 5. The average Bonchev–Trinajstić information content (AvgIpc) is 3.22. The highest BCUT2D eigenvalue weighted by molar-refractivity contribution is 6.30. The van der Waals surface area contributed by atoms with Crippen LogP contribution >= 0.6 is 11.6 Å². The summed E-state index contributed by atoms with van der Waals surface area (Å²) in [6.45, 7) is 3.58. The summed E-state index contributed by atoms with van der Waals surface area (Å²) in [6, 6.07) is 15.0. The van der Waals surface area contributed by atoms with Crippen LogP contribution in [0.5, 0.6) is 0 Å². The molecule has 8 nitrogen and oxygen atoms in total. The van der Waals surface area contributed by atoms with E-state index in [1.54, 1.807) is 10.7 Å². The number of carbonyl (C=O) groups excluding carboxylic acids is 1. The number of rotatable bonds is 4. The molecule has 1 aliphatic rings. The van der Waals surface area contributed by atoms with Gasteiger partial charge < -0.3 is 9.88 Å². The van der Waals surface area contributed by atoms with E-state index in [1.807, 2.05) is 54.3 Å². The van der Waals surface area contributed by atoms with E-state index >= 15 is 0 Å². The average molecular weight is 463 g/mol. The molecule has 33 heavy (non-hydrogen) atoms. The topological polar surface area (TPSA) is 96.8 Å². The van der Waals surface area contributed by atoms with Crippen molar-refractivity contribution in [3.63, 3.8) is 0 Å². The minimum absolute atomic E-state index is 0.00390. The summed E-state index contributed by atoms with van der Waals surface area (Å²) < 4.78 is 1.61. The number of nitrogens with zero attached hydrogens (tertiary/aromatic N) is 5. The normalized spacial score (nSPS) is 16.3. The first kappa shape index (κ1) is 21.3. The number of halogens is 1. The van der Waals surface area contributed by atoms with Gasteiger partial charge in [0.2, 0.25) is 0 Å². The number of aromatic amines is 1. The highest BCUT2D eigenvalue weighted by Gasteiger charge is 2.28. The lowest BCUT2D eigenvalue weighted by Gasteiger charge is -2.32. The second-order valence-electron chi connectivity index (χ2n) is 8.46. The fourth-order valence-electron chi connectivity index (χ4n) is 4.25. The first-order valence-corrected chi connectivity index (χ1v) is 11.3. The van der Waals surface area contributed by atoms with Crippen LogP contribution in [0.1, 0.15) is 46.1 Å². The van der Waals surface area contributed by atoms with Gasteiger partial charge in [-0.25, -0.2) is 9.67 Å². The van der Waals surface area contributed by atoms with E-state index in [0.717, 1.165) is 24.0 Å². The van der Waals surface area contributed by atoms with Crippen LogP contribution in [0.4, 0.5) is 0 Å². The molecule has 2 aromatic heterocycles. The van der Waals surface area contributed by atoms with Crippen LogP contribution in [0.25, 0.3) is 11.2 Å². The van der Waals surface area contributed by atoms with Crippen molar-refractivity contribution < 1.29 is 4.79 Å². The second kappa shape index (κ2) is 8.78. The fourth-order valence-corrected chi connectivity index (χ4v) is 4.47. The van der Waals surface area contributed by atoms with Gasteiger partial charge in [0.25, 0.3) is 11.5 Å². The van der Waals surface area contributed by atoms with E-state index in [2.05, 4.69) is 15.3 Å². The Balaban J connectivity index is 1.42. The van der Waals surface area contributed by atoms with Crippen molar-refractivity contribution >= 4 is 28.7 Å². The maximum Gasteiger partial charge on any atom is 0.281 e. The van der Waals surface area contributed by atoms with Crippen LogP contribution in [0.3, 0.4) is 0 Å². The minimum atomic E-state index is -0.325. The fraction of sp³-hybridized carbons (Fsp3) is 0.292. The zero-order chi connectivity index (χ0) is 22.9. The van der Waals surface area contributed by atoms with E-state index < -0.39 is 0 Å². The van der Waals surface area contributed by atoms with Crippen molar-refractivity contribution in [2.45, 2.75) is 32.2 Å². The Kier molecular flexibility index (Phi) is 5.68. The largest absolute Gasteiger partial charge is 0.338 e. The Bertz CT molecular complexity index is 1380. The van der Waals surface area contributed by atoms with Gasteiger partial charge in [0.05, 0.1) is 6.54 Å². The summed E-state index contributed by atoms with van der Waals surface area (Å²) in [4.78, 5) is 35.2. The highest BCUT2D eigenvalue weighted by atomic mass is 35.5. The number of fused-ring (bicyclic) bond motifs is 1. The molecule has 0 aliphatic carbocycles. The van der Waals surface area contributed by atoms with Crippen molar-refractivity contribution in [3.05, 3.63) is 86.4 Å². The predicted molar refractivity (Wildman–Crippen MR) is 126 cm³/mol. The molecule has 0 bridgehead atoms. The van der Waals surface area contributed by atoms with E-state index in [1.165, 1.54) is 0 Å². The SMILES string of the molecule is Cc1ccc(C(=O)N2CCC[C@@H](c3nc4c(nnn4Cc4cccc(Cl)c4)c(=O)[nH]3)C2)cc1. The molecule has 0 radical (unpaired) electrons. The van der Waals surface area contributed by atoms with Crippen molar-refractivity contribution in [3.8, 4) is 0 Å². The zero-order valence-electron chi connectivity index (χ0n) is 18.2. The molecule has 168 valence electrons. The van der Waals surface area contributed by atoms with Crippen LogP contribution in [-0.2, 0) is 6.54 Å². The number of piperidine rings is 1. The molecule has 0 unspecified atom stereocenters. The number of amides is 1. The maximum atomic E-state index is 13.0. The van der Waals surface area contributed by atoms with Gasteiger partial charge in [0.15, 0.2) is 11.2 Å². The highest BCUT2D eigenvalue weighted by Crippen LogP contribution is 2.26. The van der Waals surface area contributed by atoms with E-state index in [0.29, 0.717) is 41.7 Å². The molecule has 0 saturated carbocycles. The Morgan fingerprint density at radius 2 is 2.03 bits per heavy atom. The Morgan fingerprint density at radius 3 is 2.82 bits per heavy atom. The Labute approximate surface area is 195 Å². The van der Waals surface area contributed by atoms with Crippen LogP contribution in [0, 0.1) is 6.92 Å². The van der Waals surface area contributed by atoms with Gasteiger partial charge in [-0.05, 0) is 49.6 Å².